The Labute approximate surface area is 173 Å². The van der Waals surface area contributed by atoms with E-state index >= 15 is 0 Å². The van der Waals surface area contributed by atoms with Crippen LogP contribution in [-0.2, 0) is 21.3 Å². The van der Waals surface area contributed by atoms with Crippen molar-refractivity contribution >= 4 is 33.2 Å². The third-order valence-corrected chi connectivity index (χ3v) is 6.45. The largest absolute Gasteiger partial charge is 0.496 e. The molecule has 0 spiro atoms. The fourth-order valence-electron chi connectivity index (χ4n) is 3.38. The number of anilines is 1. The molecule has 0 bridgehead atoms. The third kappa shape index (κ3) is 3.61. The quantitative estimate of drug-likeness (QED) is 0.682. The Morgan fingerprint density at radius 2 is 1.97 bits per heavy atom. The lowest BCUT2D eigenvalue weighted by atomic mass is 10.1. The summed E-state index contributed by atoms with van der Waals surface area (Å²) in [6, 6.07) is 12.3. The van der Waals surface area contributed by atoms with Gasteiger partial charge in [-0.1, -0.05) is 29.8 Å². The average molecular weight is 432 g/mol. The van der Waals surface area contributed by atoms with Crippen molar-refractivity contribution in [3.63, 3.8) is 0 Å². The molecule has 0 atom stereocenters. The third-order valence-electron chi connectivity index (χ3n) is 4.77. The first kappa shape index (κ1) is 19.5. The molecule has 7 nitrogen and oxygen atoms in total. The Hall–Kier alpha value is -2.84. The highest BCUT2D eigenvalue weighted by Crippen LogP contribution is 2.34. The van der Waals surface area contributed by atoms with Crippen LogP contribution in [0, 0.1) is 6.92 Å². The van der Waals surface area contributed by atoms with Crippen molar-refractivity contribution in [2.45, 2.75) is 18.4 Å². The first-order valence-electron chi connectivity index (χ1n) is 8.81. The molecular formula is C20H18ClN3O4S. The van der Waals surface area contributed by atoms with Gasteiger partial charge in [0.1, 0.15) is 11.6 Å². The van der Waals surface area contributed by atoms with E-state index in [0.29, 0.717) is 27.8 Å². The van der Waals surface area contributed by atoms with Crippen molar-refractivity contribution in [1.82, 2.24) is 9.78 Å². The summed E-state index contributed by atoms with van der Waals surface area (Å²) >= 11 is 6.05. The summed E-state index contributed by atoms with van der Waals surface area (Å²) in [6.07, 6.45) is 0. The maximum Gasteiger partial charge on any atom is 0.260 e. The molecule has 1 amide bonds. The van der Waals surface area contributed by atoms with E-state index in [2.05, 4.69) is 10.4 Å². The minimum absolute atomic E-state index is 0.148. The summed E-state index contributed by atoms with van der Waals surface area (Å²) < 4.78 is 31.1. The van der Waals surface area contributed by atoms with Crippen LogP contribution in [0.25, 0.3) is 5.69 Å². The molecule has 0 saturated heterocycles. The van der Waals surface area contributed by atoms with Gasteiger partial charge in [-0.05, 0) is 36.8 Å². The maximum absolute atomic E-state index is 13.0. The molecule has 2 heterocycles. The number of aryl methyl sites for hydroxylation is 1. The number of aromatic nitrogens is 2. The SMILES string of the molecule is COc1ccc(Cl)cc1C(=O)Nc1c2c(nn1-c1ccccc1C)CS(=O)(=O)C2. The van der Waals surface area contributed by atoms with E-state index < -0.39 is 15.7 Å². The number of halogens is 1. The van der Waals surface area contributed by atoms with E-state index in [9.17, 15) is 13.2 Å². The summed E-state index contributed by atoms with van der Waals surface area (Å²) in [6.45, 7) is 1.92. The zero-order valence-electron chi connectivity index (χ0n) is 15.8. The molecule has 0 aliphatic carbocycles. The molecule has 2 aromatic carbocycles. The lowest BCUT2D eigenvalue weighted by Gasteiger charge is -2.14. The Morgan fingerprint density at radius 3 is 2.69 bits per heavy atom. The first-order valence-corrected chi connectivity index (χ1v) is 11.0. The highest BCUT2D eigenvalue weighted by atomic mass is 35.5. The number of carbonyl (C=O) groups excluding carboxylic acids is 1. The van der Waals surface area contributed by atoms with Crippen LogP contribution in [0.4, 0.5) is 5.82 Å². The predicted molar refractivity (Wildman–Crippen MR) is 111 cm³/mol. The monoisotopic (exact) mass is 431 g/mol. The van der Waals surface area contributed by atoms with Crippen LogP contribution in [0.2, 0.25) is 5.02 Å². The zero-order valence-corrected chi connectivity index (χ0v) is 17.3. The van der Waals surface area contributed by atoms with Gasteiger partial charge in [0.05, 0.1) is 35.6 Å². The van der Waals surface area contributed by atoms with E-state index in [4.69, 9.17) is 16.3 Å². The fraction of sp³-hybridized carbons (Fsp3) is 0.200. The number of nitrogens with zero attached hydrogens (tertiary/aromatic N) is 2. The molecule has 1 aromatic heterocycles. The number of nitrogens with one attached hydrogen (secondary N) is 1. The number of methoxy groups -OCH3 is 1. The normalized spacial score (nSPS) is 14.4. The van der Waals surface area contributed by atoms with E-state index in [1.54, 1.807) is 16.8 Å². The second kappa shape index (κ2) is 7.20. The number of fused-ring (bicyclic) bond motifs is 1. The molecule has 0 radical (unpaired) electrons. The molecule has 3 aromatic rings. The number of amides is 1. The summed E-state index contributed by atoms with van der Waals surface area (Å²) in [5, 5.41) is 7.71. The van der Waals surface area contributed by atoms with Crippen molar-refractivity contribution < 1.29 is 17.9 Å². The lowest BCUT2D eigenvalue weighted by molar-refractivity contribution is 0.102. The van der Waals surface area contributed by atoms with Crippen LogP contribution in [0.1, 0.15) is 27.2 Å². The van der Waals surface area contributed by atoms with Crippen molar-refractivity contribution in [2.75, 3.05) is 12.4 Å². The van der Waals surface area contributed by atoms with Gasteiger partial charge in [-0.3, -0.25) is 4.79 Å². The minimum atomic E-state index is -3.29. The van der Waals surface area contributed by atoms with Crippen LogP contribution < -0.4 is 10.1 Å². The summed E-state index contributed by atoms with van der Waals surface area (Å²) in [5.41, 5.74) is 2.89. The van der Waals surface area contributed by atoms with Crippen LogP contribution in [0.5, 0.6) is 5.75 Å². The predicted octanol–water partition coefficient (Wildman–Crippen LogP) is 3.52. The van der Waals surface area contributed by atoms with Crippen molar-refractivity contribution in [2.24, 2.45) is 0 Å². The van der Waals surface area contributed by atoms with Crippen LogP contribution in [0.3, 0.4) is 0 Å². The molecule has 1 aliphatic rings. The number of rotatable bonds is 4. The number of sulfone groups is 1. The summed E-state index contributed by atoms with van der Waals surface area (Å²) in [5.74, 6) is -0.0899. The molecule has 0 unspecified atom stereocenters. The second-order valence-electron chi connectivity index (χ2n) is 6.80. The number of hydrogen-bond acceptors (Lipinski definition) is 5. The number of benzene rings is 2. The molecule has 9 heteroatoms. The molecule has 1 aliphatic heterocycles. The first-order chi connectivity index (χ1) is 13.8. The van der Waals surface area contributed by atoms with Gasteiger partial charge < -0.3 is 10.1 Å². The summed E-state index contributed by atoms with van der Waals surface area (Å²) in [7, 11) is -1.83. The molecular weight excluding hydrogens is 414 g/mol. The van der Waals surface area contributed by atoms with Gasteiger partial charge in [0, 0.05) is 10.6 Å². The molecule has 150 valence electrons. The van der Waals surface area contributed by atoms with E-state index in [1.165, 1.54) is 13.2 Å². The van der Waals surface area contributed by atoms with Crippen LogP contribution in [0.15, 0.2) is 42.5 Å². The van der Waals surface area contributed by atoms with Gasteiger partial charge in [0.25, 0.3) is 5.91 Å². The highest BCUT2D eigenvalue weighted by Gasteiger charge is 2.33. The van der Waals surface area contributed by atoms with Crippen LogP contribution >= 0.6 is 11.6 Å². The Balaban J connectivity index is 1.82. The van der Waals surface area contributed by atoms with E-state index in [0.717, 1.165) is 11.3 Å². The Kier molecular flexibility index (Phi) is 4.84. The average Bonchev–Trinajstić information content (AvgIpc) is 3.14. The lowest BCUT2D eigenvalue weighted by Crippen LogP contribution is -2.18. The van der Waals surface area contributed by atoms with E-state index in [1.807, 2.05) is 31.2 Å². The van der Waals surface area contributed by atoms with Gasteiger partial charge >= 0.3 is 0 Å². The summed E-state index contributed by atoms with van der Waals surface area (Å²) in [4.78, 5) is 13.0. The standard InChI is InChI=1S/C20H18ClN3O4S/c1-12-5-3-4-6-17(12)24-19(15-10-29(26,27)11-16(15)23-24)22-20(25)14-9-13(21)7-8-18(14)28-2/h3-9H,10-11H2,1-2H3,(H,22,25). The number of carbonyl (C=O) groups is 1. The molecule has 29 heavy (non-hydrogen) atoms. The number of hydrogen-bond donors (Lipinski definition) is 1. The van der Waals surface area contributed by atoms with Crippen molar-refractivity contribution in [3.8, 4) is 11.4 Å². The van der Waals surface area contributed by atoms with Crippen molar-refractivity contribution in [3.05, 3.63) is 69.9 Å². The van der Waals surface area contributed by atoms with E-state index in [-0.39, 0.29) is 17.1 Å². The smallest absolute Gasteiger partial charge is 0.260 e. The maximum atomic E-state index is 13.0. The van der Waals surface area contributed by atoms with Gasteiger partial charge in [0.15, 0.2) is 9.84 Å². The minimum Gasteiger partial charge on any atom is -0.496 e. The van der Waals surface area contributed by atoms with Gasteiger partial charge in [-0.15, -0.1) is 0 Å². The van der Waals surface area contributed by atoms with Crippen LogP contribution in [-0.4, -0.2) is 31.2 Å². The zero-order chi connectivity index (χ0) is 20.8. The number of ether oxygens (including phenoxy) is 1. The highest BCUT2D eigenvalue weighted by molar-refractivity contribution is 7.90. The van der Waals surface area contributed by atoms with Gasteiger partial charge in [0.2, 0.25) is 0 Å². The Morgan fingerprint density at radius 1 is 1.21 bits per heavy atom. The molecule has 1 N–H and O–H groups in total. The van der Waals surface area contributed by atoms with Gasteiger partial charge in [-0.25, -0.2) is 13.1 Å². The topological polar surface area (TPSA) is 90.3 Å². The molecule has 4 rings (SSSR count). The van der Waals surface area contributed by atoms with Gasteiger partial charge in [-0.2, -0.15) is 5.10 Å². The van der Waals surface area contributed by atoms with Crippen molar-refractivity contribution in [1.29, 1.82) is 0 Å². The Bertz CT molecular complexity index is 1230. The molecule has 0 fully saturated rings. The molecule has 0 saturated carbocycles. The second-order valence-corrected chi connectivity index (χ2v) is 9.30. The number of para-hydroxylation sites is 1. The fourth-order valence-corrected chi connectivity index (χ4v) is 5.04.